The number of nitrogens with zero attached hydrogens (tertiary/aromatic N) is 5. The molecule has 2 heterocycles. The van der Waals surface area contributed by atoms with Crippen LogP contribution in [0.15, 0.2) is 16.0 Å². The van der Waals surface area contributed by atoms with Gasteiger partial charge in [-0.3, -0.25) is 9.88 Å². The quantitative estimate of drug-likeness (QED) is 0.660. The molecule has 0 saturated heterocycles. The molecule has 0 fully saturated rings. The highest BCUT2D eigenvalue weighted by molar-refractivity contribution is 7.88. The lowest BCUT2D eigenvalue weighted by atomic mass is 10.4. The van der Waals surface area contributed by atoms with Gasteiger partial charge < -0.3 is 9.47 Å². The maximum Gasteiger partial charge on any atom is 0.348 e. The highest BCUT2D eigenvalue weighted by Gasteiger charge is 2.17. The van der Waals surface area contributed by atoms with Crippen molar-refractivity contribution in [2.24, 2.45) is 4.40 Å². The van der Waals surface area contributed by atoms with Crippen LogP contribution in [-0.4, -0.2) is 48.2 Å². The Morgan fingerprint density at radius 3 is 2.52 bits per heavy atom. The van der Waals surface area contributed by atoms with Crippen LogP contribution in [0.2, 0.25) is 0 Å². The van der Waals surface area contributed by atoms with E-state index < -0.39 is 22.5 Å². The summed E-state index contributed by atoms with van der Waals surface area (Å²) in [5.41, 5.74) is 0. The third-order valence-electron chi connectivity index (χ3n) is 2.86. The molecule has 0 aliphatic carbocycles. The molecule has 0 aliphatic rings. The predicted octanol–water partition coefficient (Wildman–Crippen LogP) is 0.597. The minimum Gasteiger partial charge on any atom is -0.467 e. The van der Waals surface area contributed by atoms with Gasteiger partial charge in [0.15, 0.2) is 6.30 Å². The molecule has 0 aromatic carbocycles. The molecule has 0 bridgehead atoms. The zero-order chi connectivity index (χ0) is 20.0. The smallest absolute Gasteiger partial charge is 0.348 e. The van der Waals surface area contributed by atoms with Gasteiger partial charge in [-0.25, -0.2) is 13.9 Å². The van der Waals surface area contributed by atoms with Crippen LogP contribution < -0.4 is 24.3 Å². The van der Waals surface area contributed by atoms with Crippen LogP contribution in [0, 0.1) is 0 Å². The number of ether oxygens (including phenoxy) is 2. The van der Waals surface area contributed by atoms with Crippen LogP contribution in [0.3, 0.4) is 0 Å². The lowest BCUT2D eigenvalue weighted by Gasteiger charge is -2.08. The Hall–Kier alpha value is -2.81. The molecule has 1 unspecified atom stereocenters. The van der Waals surface area contributed by atoms with Gasteiger partial charge in [0.25, 0.3) is 0 Å². The van der Waals surface area contributed by atoms with Crippen molar-refractivity contribution in [1.82, 2.24) is 24.2 Å². The molecule has 12 nitrogen and oxygen atoms in total. The number of carbonyl (C=O) groups is 1. The Bertz CT molecular complexity index is 952. The Kier molecular flexibility index (Phi) is 6.62. The summed E-state index contributed by atoms with van der Waals surface area (Å²) in [6.07, 6.45) is 0.0431. The molecule has 2 amide bonds. The second-order valence-electron chi connectivity index (χ2n) is 4.69. The number of hydrogen-bond acceptors (Lipinski definition) is 9. The van der Waals surface area contributed by atoms with Crippen LogP contribution in [0.5, 0.6) is 12.0 Å². The van der Waals surface area contributed by atoms with Crippen molar-refractivity contribution < 1.29 is 27.1 Å². The number of hydrogen-bond donors (Lipinski definition) is 2. The van der Waals surface area contributed by atoms with Gasteiger partial charge in [0.1, 0.15) is 0 Å². The Morgan fingerprint density at radius 2 is 1.96 bits per heavy atom. The van der Waals surface area contributed by atoms with Crippen molar-refractivity contribution >= 4 is 33.5 Å². The number of urea groups is 1. The number of halogens is 1. The van der Waals surface area contributed by atoms with Crippen molar-refractivity contribution in [1.29, 1.82) is 0 Å². The highest BCUT2D eigenvalue weighted by Crippen LogP contribution is 2.12. The number of amides is 2. The molecular weight excluding hydrogens is 405 g/mol. The Balaban J connectivity index is 2.18. The number of anilines is 1. The van der Waals surface area contributed by atoms with Crippen LogP contribution in [-0.2, 0) is 10.2 Å². The van der Waals surface area contributed by atoms with Crippen molar-refractivity contribution in [2.45, 2.75) is 19.6 Å². The third-order valence-corrected chi connectivity index (χ3v) is 4.60. The number of methoxy groups -OCH3 is 2. The summed E-state index contributed by atoms with van der Waals surface area (Å²) in [4.78, 5) is 22.9. The molecule has 2 rings (SSSR count). The number of carbonyl (C=O) groups excluding carboxylic acids is 1. The van der Waals surface area contributed by atoms with E-state index >= 15 is 0 Å². The van der Waals surface area contributed by atoms with Gasteiger partial charge in [0.2, 0.25) is 10.7 Å². The van der Waals surface area contributed by atoms with Crippen LogP contribution in [0.4, 0.5) is 15.1 Å². The number of thiazole rings is 1. The maximum absolute atomic E-state index is 13.8. The fourth-order valence-electron chi connectivity index (χ4n) is 1.71. The van der Waals surface area contributed by atoms with E-state index in [-0.39, 0.29) is 29.2 Å². The molecule has 2 aromatic rings. The van der Waals surface area contributed by atoms with Crippen molar-refractivity contribution in [3.05, 3.63) is 16.4 Å². The van der Waals surface area contributed by atoms with Gasteiger partial charge in [-0.2, -0.15) is 18.4 Å². The standard InChI is InChI=1S/C12H16FN7O5S2/c1-4-7(13)20-5-6-26-12(20)19-27(22,23)18-9(21)14-8-15-10(24-2)17-11(16-8)25-3/h5-7H,4H2,1-3H3,(H2,14,15,16,17,18,21)/b19-12+. The van der Waals surface area contributed by atoms with E-state index in [2.05, 4.69) is 24.7 Å². The largest absolute Gasteiger partial charge is 0.467 e. The summed E-state index contributed by atoms with van der Waals surface area (Å²) in [5.74, 6) is -0.313. The Labute approximate surface area is 157 Å². The minimum absolute atomic E-state index is 0.126. The van der Waals surface area contributed by atoms with Gasteiger partial charge >= 0.3 is 28.3 Å². The first-order chi connectivity index (χ1) is 12.8. The molecule has 0 saturated carbocycles. The summed E-state index contributed by atoms with van der Waals surface area (Å²) >= 11 is 0.900. The van der Waals surface area contributed by atoms with E-state index in [0.717, 1.165) is 15.9 Å². The first-order valence-corrected chi connectivity index (χ1v) is 9.63. The number of nitrogens with one attached hydrogen (secondary N) is 2. The molecule has 15 heteroatoms. The average Bonchev–Trinajstić information content (AvgIpc) is 3.07. The molecule has 148 valence electrons. The second-order valence-corrected chi connectivity index (χ2v) is 6.90. The lowest BCUT2D eigenvalue weighted by molar-refractivity contribution is 0.229. The summed E-state index contributed by atoms with van der Waals surface area (Å²) in [6, 6.07) is -1.50. The summed E-state index contributed by atoms with van der Waals surface area (Å²) in [7, 11) is -1.90. The van der Waals surface area contributed by atoms with Crippen LogP contribution >= 0.6 is 11.3 Å². The highest BCUT2D eigenvalue weighted by atomic mass is 32.2. The van der Waals surface area contributed by atoms with Crippen molar-refractivity contribution in [3.63, 3.8) is 0 Å². The molecule has 2 aromatic heterocycles. The molecular formula is C12H16FN7O5S2. The summed E-state index contributed by atoms with van der Waals surface area (Å²) in [5, 5.41) is 3.56. The van der Waals surface area contributed by atoms with Gasteiger partial charge in [-0.1, -0.05) is 6.92 Å². The SMILES string of the molecule is CCC(F)n1ccs/c1=N/S(=O)(=O)NC(=O)Nc1nc(OC)nc(OC)n1. The Morgan fingerprint density at radius 1 is 1.33 bits per heavy atom. The van der Waals surface area contributed by atoms with E-state index in [1.54, 1.807) is 11.6 Å². The molecule has 0 radical (unpaired) electrons. The zero-order valence-corrected chi connectivity index (χ0v) is 16.0. The van der Waals surface area contributed by atoms with Crippen LogP contribution in [0.25, 0.3) is 0 Å². The lowest BCUT2D eigenvalue weighted by Crippen LogP contribution is -2.35. The second kappa shape index (κ2) is 8.72. The van der Waals surface area contributed by atoms with Gasteiger partial charge in [0.05, 0.1) is 14.2 Å². The topological polar surface area (TPSA) is 150 Å². The average molecular weight is 421 g/mol. The number of alkyl halides is 1. The van der Waals surface area contributed by atoms with Gasteiger partial charge in [-0.15, -0.1) is 20.7 Å². The van der Waals surface area contributed by atoms with Gasteiger partial charge in [0, 0.05) is 11.6 Å². The van der Waals surface area contributed by atoms with Crippen molar-refractivity contribution in [2.75, 3.05) is 19.5 Å². The van der Waals surface area contributed by atoms with Crippen LogP contribution in [0.1, 0.15) is 19.6 Å². The number of rotatable bonds is 7. The zero-order valence-electron chi connectivity index (χ0n) is 14.4. The monoisotopic (exact) mass is 421 g/mol. The minimum atomic E-state index is -4.47. The van der Waals surface area contributed by atoms with Gasteiger partial charge in [-0.05, 0) is 6.42 Å². The molecule has 1 atom stereocenters. The fraction of sp³-hybridized carbons (Fsp3) is 0.417. The van der Waals surface area contributed by atoms with E-state index in [1.807, 2.05) is 0 Å². The van der Waals surface area contributed by atoms with E-state index in [0.29, 0.717) is 0 Å². The molecule has 27 heavy (non-hydrogen) atoms. The van der Waals surface area contributed by atoms with Crippen molar-refractivity contribution in [3.8, 4) is 12.0 Å². The predicted molar refractivity (Wildman–Crippen MR) is 92.3 cm³/mol. The summed E-state index contributed by atoms with van der Waals surface area (Å²) in [6.45, 7) is 1.59. The first kappa shape index (κ1) is 20.5. The normalized spacial score (nSPS) is 13.1. The molecule has 2 N–H and O–H groups in total. The van der Waals surface area contributed by atoms with E-state index in [9.17, 15) is 17.6 Å². The van der Waals surface area contributed by atoms with E-state index in [4.69, 9.17) is 9.47 Å². The maximum atomic E-state index is 13.8. The fourth-order valence-corrected chi connectivity index (χ4v) is 3.41. The molecule has 0 aliphatic heterocycles. The first-order valence-electron chi connectivity index (χ1n) is 7.31. The third kappa shape index (κ3) is 5.58. The number of aromatic nitrogens is 4. The van der Waals surface area contributed by atoms with E-state index in [1.165, 1.54) is 25.8 Å². The summed E-state index contributed by atoms with van der Waals surface area (Å²) < 4.78 is 53.6. The molecule has 0 spiro atoms.